The minimum Gasteiger partial charge on any atom is -0.329 e. The second kappa shape index (κ2) is 5.58. The fraction of sp³-hybridized carbons (Fsp3) is 0.154. The number of nitrogens with zero attached hydrogens (tertiary/aromatic N) is 4. The Bertz CT molecular complexity index is 692. The molecular formula is C13H8ClF3N4. The van der Waals surface area contributed by atoms with Gasteiger partial charge < -0.3 is 4.90 Å². The largest absolute Gasteiger partial charge is 0.433 e. The van der Waals surface area contributed by atoms with Gasteiger partial charge >= 0.3 is 6.18 Å². The predicted octanol–water partition coefficient (Wildman–Crippen LogP) is 3.79. The van der Waals surface area contributed by atoms with E-state index < -0.39 is 17.2 Å². The van der Waals surface area contributed by atoms with Crippen LogP contribution in [0.25, 0.3) is 0 Å². The third kappa shape index (κ3) is 3.41. The molecule has 21 heavy (non-hydrogen) atoms. The van der Waals surface area contributed by atoms with E-state index in [1.807, 2.05) is 6.07 Å². The van der Waals surface area contributed by atoms with E-state index in [1.54, 1.807) is 31.3 Å². The van der Waals surface area contributed by atoms with Gasteiger partial charge in [-0.25, -0.2) is 9.97 Å². The quantitative estimate of drug-likeness (QED) is 0.792. The number of nitriles is 1. The van der Waals surface area contributed by atoms with Crippen molar-refractivity contribution in [3.05, 3.63) is 46.9 Å². The van der Waals surface area contributed by atoms with E-state index in [-0.39, 0.29) is 5.82 Å². The van der Waals surface area contributed by atoms with Crippen LogP contribution in [0.3, 0.4) is 0 Å². The molecule has 0 aliphatic carbocycles. The third-order valence-electron chi connectivity index (χ3n) is 2.70. The van der Waals surface area contributed by atoms with Crippen molar-refractivity contribution >= 4 is 23.1 Å². The molecule has 4 nitrogen and oxygen atoms in total. The highest BCUT2D eigenvalue weighted by Crippen LogP contribution is 2.32. The number of benzene rings is 1. The molecule has 0 N–H and O–H groups in total. The molecule has 2 aromatic rings. The summed E-state index contributed by atoms with van der Waals surface area (Å²) in [6.07, 6.45) is -4.60. The van der Waals surface area contributed by atoms with Gasteiger partial charge in [0.25, 0.3) is 0 Å². The zero-order chi connectivity index (χ0) is 15.6. The molecule has 0 aliphatic heterocycles. The smallest absolute Gasteiger partial charge is 0.329 e. The van der Waals surface area contributed by atoms with E-state index in [0.29, 0.717) is 11.3 Å². The predicted molar refractivity (Wildman–Crippen MR) is 71.3 cm³/mol. The van der Waals surface area contributed by atoms with Crippen molar-refractivity contribution in [2.24, 2.45) is 0 Å². The number of hydrogen-bond acceptors (Lipinski definition) is 4. The average molecular weight is 313 g/mol. The maximum Gasteiger partial charge on any atom is 0.433 e. The maximum atomic E-state index is 12.7. The number of alkyl halides is 3. The van der Waals surface area contributed by atoms with Crippen molar-refractivity contribution in [3.63, 3.8) is 0 Å². The van der Waals surface area contributed by atoms with E-state index in [4.69, 9.17) is 16.9 Å². The standard InChI is InChI=1S/C13H8ClF3N4/c1-21(9-4-2-8(7-18)3-5-9)11-6-10(13(15,16)17)19-12(14)20-11/h2-6H,1H3. The molecule has 0 saturated carbocycles. The second-order valence-electron chi connectivity index (χ2n) is 4.10. The van der Waals surface area contributed by atoms with E-state index in [9.17, 15) is 13.2 Å². The number of rotatable bonds is 2. The molecule has 1 aromatic heterocycles. The number of aromatic nitrogens is 2. The van der Waals surface area contributed by atoms with Crippen LogP contribution in [0.5, 0.6) is 0 Å². The summed E-state index contributed by atoms with van der Waals surface area (Å²) in [6.45, 7) is 0. The topological polar surface area (TPSA) is 52.8 Å². The van der Waals surface area contributed by atoms with Crippen LogP contribution in [-0.4, -0.2) is 17.0 Å². The van der Waals surface area contributed by atoms with E-state index in [0.717, 1.165) is 6.07 Å². The van der Waals surface area contributed by atoms with Gasteiger partial charge in [0.1, 0.15) is 5.82 Å². The van der Waals surface area contributed by atoms with Gasteiger partial charge in [0.15, 0.2) is 5.69 Å². The van der Waals surface area contributed by atoms with Gasteiger partial charge in [0.05, 0.1) is 11.6 Å². The first-order valence-electron chi connectivity index (χ1n) is 5.67. The lowest BCUT2D eigenvalue weighted by Gasteiger charge is -2.19. The summed E-state index contributed by atoms with van der Waals surface area (Å²) in [5.74, 6) is 0.00651. The first-order chi connectivity index (χ1) is 9.81. The second-order valence-corrected chi connectivity index (χ2v) is 4.43. The summed E-state index contributed by atoms with van der Waals surface area (Å²) in [7, 11) is 1.54. The van der Waals surface area contributed by atoms with Crippen molar-refractivity contribution in [2.75, 3.05) is 11.9 Å². The highest BCUT2D eigenvalue weighted by atomic mass is 35.5. The van der Waals surface area contributed by atoms with Gasteiger partial charge in [-0.05, 0) is 35.9 Å². The zero-order valence-electron chi connectivity index (χ0n) is 10.7. The minimum absolute atomic E-state index is 0.00651. The maximum absolute atomic E-state index is 12.7. The first kappa shape index (κ1) is 15.1. The summed E-state index contributed by atoms with van der Waals surface area (Å²) in [5.41, 5.74) is -0.0984. The molecule has 0 amide bonds. The minimum atomic E-state index is -4.60. The molecular weight excluding hydrogens is 305 g/mol. The molecule has 0 fully saturated rings. The molecule has 0 radical (unpaired) electrons. The molecule has 1 heterocycles. The lowest BCUT2D eigenvalue weighted by atomic mass is 10.2. The van der Waals surface area contributed by atoms with E-state index in [2.05, 4.69) is 9.97 Å². The molecule has 0 aliphatic rings. The summed E-state index contributed by atoms with van der Waals surface area (Å²) in [6, 6.07) is 9.07. The van der Waals surface area contributed by atoms with Gasteiger partial charge in [-0.1, -0.05) is 0 Å². The van der Waals surface area contributed by atoms with Gasteiger partial charge in [0.2, 0.25) is 5.28 Å². The Morgan fingerprint density at radius 1 is 1.19 bits per heavy atom. The molecule has 0 saturated heterocycles. The lowest BCUT2D eigenvalue weighted by Crippen LogP contribution is -2.15. The first-order valence-corrected chi connectivity index (χ1v) is 6.05. The molecule has 0 unspecified atom stereocenters. The summed E-state index contributed by atoms with van der Waals surface area (Å²) >= 11 is 5.54. The van der Waals surface area contributed by atoms with Gasteiger partial charge in [-0.15, -0.1) is 0 Å². The Hall–Kier alpha value is -2.33. The highest BCUT2D eigenvalue weighted by Gasteiger charge is 2.34. The molecule has 108 valence electrons. The van der Waals surface area contributed by atoms with Crippen molar-refractivity contribution in [1.82, 2.24) is 9.97 Å². The van der Waals surface area contributed by atoms with Crippen LogP contribution in [0.2, 0.25) is 5.28 Å². The van der Waals surface area contributed by atoms with Crippen LogP contribution < -0.4 is 4.90 Å². The average Bonchev–Trinajstić information content (AvgIpc) is 2.45. The van der Waals surface area contributed by atoms with E-state index in [1.165, 1.54) is 4.90 Å². The summed E-state index contributed by atoms with van der Waals surface area (Å²) in [5, 5.41) is 8.23. The fourth-order valence-electron chi connectivity index (χ4n) is 1.61. The normalized spacial score (nSPS) is 11.0. The van der Waals surface area contributed by atoms with Crippen LogP contribution >= 0.6 is 11.6 Å². The Morgan fingerprint density at radius 2 is 1.81 bits per heavy atom. The van der Waals surface area contributed by atoms with Crippen LogP contribution in [0.4, 0.5) is 24.7 Å². The molecule has 0 atom stereocenters. The zero-order valence-corrected chi connectivity index (χ0v) is 11.4. The van der Waals surface area contributed by atoms with Gasteiger partial charge in [0, 0.05) is 18.8 Å². The van der Waals surface area contributed by atoms with Gasteiger partial charge in [-0.2, -0.15) is 18.4 Å². The molecule has 2 rings (SSSR count). The lowest BCUT2D eigenvalue weighted by molar-refractivity contribution is -0.141. The summed E-state index contributed by atoms with van der Waals surface area (Å²) < 4.78 is 38.1. The Morgan fingerprint density at radius 3 is 2.33 bits per heavy atom. The number of halogens is 4. The van der Waals surface area contributed by atoms with Crippen LogP contribution in [0.1, 0.15) is 11.3 Å². The van der Waals surface area contributed by atoms with Crippen molar-refractivity contribution in [3.8, 4) is 6.07 Å². The Balaban J connectivity index is 2.40. The van der Waals surface area contributed by atoms with Crippen LogP contribution in [-0.2, 0) is 6.18 Å². The number of hydrogen-bond donors (Lipinski definition) is 0. The van der Waals surface area contributed by atoms with Crippen molar-refractivity contribution < 1.29 is 13.2 Å². The van der Waals surface area contributed by atoms with Crippen molar-refractivity contribution in [1.29, 1.82) is 5.26 Å². The monoisotopic (exact) mass is 312 g/mol. The number of anilines is 2. The van der Waals surface area contributed by atoms with Crippen LogP contribution in [0.15, 0.2) is 30.3 Å². The molecule has 0 spiro atoms. The van der Waals surface area contributed by atoms with Gasteiger partial charge in [-0.3, -0.25) is 0 Å². The van der Waals surface area contributed by atoms with Crippen LogP contribution in [0, 0.1) is 11.3 Å². The summed E-state index contributed by atoms with van der Waals surface area (Å²) in [4.78, 5) is 8.37. The fourth-order valence-corrected chi connectivity index (χ4v) is 1.79. The Labute approximate surface area is 123 Å². The SMILES string of the molecule is CN(c1ccc(C#N)cc1)c1cc(C(F)(F)F)nc(Cl)n1. The Kier molecular flexibility index (Phi) is 4.00. The van der Waals surface area contributed by atoms with Crippen molar-refractivity contribution in [2.45, 2.75) is 6.18 Å². The molecule has 0 bridgehead atoms. The molecule has 1 aromatic carbocycles. The van der Waals surface area contributed by atoms with E-state index >= 15 is 0 Å². The third-order valence-corrected chi connectivity index (χ3v) is 2.87. The molecule has 8 heteroatoms. The highest BCUT2D eigenvalue weighted by molar-refractivity contribution is 6.28.